The standard InChI is InChI=1S/C19H28O2S8/c1-4-16(20)24-7-14-9-26-18(28-14)11-22-6-13(3)23-12-19-27-10-15(29-19)8-25-17(21)5-2/h4-5,13-15,18-19H,1-2,6-12H2,3H3. The van der Waals surface area contributed by atoms with Crippen LogP contribution in [-0.2, 0) is 9.59 Å². The van der Waals surface area contributed by atoms with Gasteiger partial charge in [0.05, 0.1) is 9.16 Å². The first-order chi connectivity index (χ1) is 14.0. The molecule has 29 heavy (non-hydrogen) atoms. The van der Waals surface area contributed by atoms with Gasteiger partial charge in [-0.15, -0.1) is 47.0 Å². The summed E-state index contributed by atoms with van der Waals surface area (Å²) in [6.45, 7) is 9.41. The first-order valence-electron chi connectivity index (χ1n) is 9.32. The van der Waals surface area contributed by atoms with E-state index in [1.165, 1.54) is 52.9 Å². The third-order valence-corrected chi connectivity index (χ3v) is 16.5. The Balaban J connectivity index is 1.50. The summed E-state index contributed by atoms with van der Waals surface area (Å²) >= 11 is 15.2. The maximum absolute atomic E-state index is 11.4. The van der Waals surface area contributed by atoms with Gasteiger partial charge in [0.15, 0.2) is 0 Å². The van der Waals surface area contributed by atoms with Crippen LogP contribution in [0.3, 0.4) is 0 Å². The van der Waals surface area contributed by atoms with Crippen molar-refractivity contribution < 1.29 is 9.59 Å². The van der Waals surface area contributed by atoms with Gasteiger partial charge < -0.3 is 0 Å². The highest BCUT2D eigenvalue weighted by Crippen LogP contribution is 2.43. The summed E-state index contributed by atoms with van der Waals surface area (Å²) in [5.41, 5.74) is 0. The van der Waals surface area contributed by atoms with E-state index in [1.54, 1.807) is 0 Å². The zero-order valence-electron chi connectivity index (χ0n) is 16.5. The summed E-state index contributed by atoms with van der Waals surface area (Å²) in [6.07, 6.45) is 2.82. The molecule has 2 aliphatic rings. The Kier molecular flexibility index (Phi) is 14.3. The highest BCUT2D eigenvalue weighted by molar-refractivity contribution is 8.23. The summed E-state index contributed by atoms with van der Waals surface area (Å²) in [4.78, 5) is 22.7. The van der Waals surface area contributed by atoms with Crippen LogP contribution >= 0.6 is 94.1 Å². The molecule has 5 atom stereocenters. The molecule has 0 N–H and O–H groups in total. The van der Waals surface area contributed by atoms with Crippen molar-refractivity contribution in [1.82, 2.24) is 0 Å². The molecule has 2 heterocycles. The largest absolute Gasteiger partial charge is 0.282 e. The van der Waals surface area contributed by atoms with Gasteiger partial charge >= 0.3 is 0 Å². The van der Waals surface area contributed by atoms with Gasteiger partial charge in [0.2, 0.25) is 10.2 Å². The van der Waals surface area contributed by atoms with Gasteiger partial charge in [-0.25, -0.2) is 0 Å². The average molecular weight is 545 g/mol. The quantitative estimate of drug-likeness (QED) is 0.254. The van der Waals surface area contributed by atoms with Crippen LogP contribution in [0.2, 0.25) is 0 Å². The van der Waals surface area contributed by atoms with E-state index in [0.29, 0.717) is 24.9 Å². The molecule has 5 unspecified atom stereocenters. The summed E-state index contributed by atoms with van der Waals surface area (Å²) in [6, 6.07) is 0. The van der Waals surface area contributed by atoms with Crippen molar-refractivity contribution >= 4 is 104 Å². The van der Waals surface area contributed by atoms with Crippen LogP contribution in [0.4, 0.5) is 0 Å². The van der Waals surface area contributed by atoms with Gasteiger partial charge in [0.25, 0.3) is 0 Å². The monoisotopic (exact) mass is 544 g/mol. The number of rotatable bonds is 13. The predicted molar refractivity (Wildman–Crippen MR) is 150 cm³/mol. The molecule has 0 aromatic heterocycles. The SMILES string of the molecule is C=CC(=O)SCC1CSC(CSCC(C)SCC2SCC(CSC(=O)C=C)S2)S1. The first kappa shape index (κ1) is 26.9. The van der Waals surface area contributed by atoms with Crippen molar-refractivity contribution in [2.45, 2.75) is 31.8 Å². The van der Waals surface area contributed by atoms with Crippen LogP contribution in [0.1, 0.15) is 6.92 Å². The van der Waals surface area contributed by atoms with Gasteiger partial charge in [-0.05, 0) is 12.2 Å². The predicted octanol–water partition coefficient (Wildman–Crippen LogP) is 6.08. The molecule has 0 aromatic rings. The van der Waals surface area contributed by atoms with E-state index in [9.17, 15) is 9.59 Å². The summed E-state index contributed by atoms with van der Waals surface area (Å²) in [5, 5.41) is 2.04. The number of hydrogen-bond donors (Lipinski definition) is 0. The van der Waals surface area contributed by atoms with E-state index in [-0.39, 0.29) is 10.2 Å². The van der Waals surface area contributed by atoms with E-state index < -0.39 is 0 Å². The lowest BCUT2D eigenvalue weighted by molar-refractivity contribution is -0.107. The maximum Gasteiger partial charge on any atom is 0.211 e. The zero-order valence-corrected chi connectivity index (χ0v) is 23.0. The van der Waals surface area contributed by atoms with Crippen molar-refractivity contribution in [2.24, 2.45) is 0 Å². The molecule has 2 nitrogen and oxygen atoms in total. The molecule has 2 rings (SSSR count). The Bertz CT molecular complexity index is 558. The summed E-state index contributed by atoms with van der Waals surface area (Å²) in [5.74, 6) is 7.72. The smallest absolute Gasteiger partial charge is 0.211 e. The Morgan fingerprint density at radius 3 is 1.97 bits per heavy atom. The fourth-order valence-electron chi connectivity index (χ4n) is 2.45. The lowest BCUT2D eigenvalue weighted by Crippen LogP contribution is -2.10. The van der Waals surface area contributed by atoms with Crippen molar-refractivity contribution in [3.05, 3.63) is 25.3 Å². The second-order valence-electron chi connectivity index (χ2n) is 6.39. The van der Waals surface area contributed by atoms with E-state index in [1.807, 2.05) is 35.3 Å². The van der Waals surface area contributed by atoms with E-state index in [4.69, 9.17) is 0 Å². The Hall–Kier alpha value is 1.62. The highest BCUT2D eigenvalue weighted by Gasteiger charge is 2.28. The molecular weight excluding hydrogens is 517 g/mol. The molecule has 0 aliphatic carbocycles. The minimum absolute atomic E-state index is 0.0907. The topological polar surface area (TPSA) is 34.1 Å². The number of thioether (sulfide) groups is 8. The lowest BCUT2D eigenvalue weighted by atomic mass is 10.5. The van der Waals surface area contributed by atoms with Crippen LogP contribution in [0.25, 0.3) is 0 Å². The fourth-order valence-corrected chi connectivity index (χ4v) is 14.3. The van der Waals surface area contributed by atoms with Crippen molar-refractivity contribution in [1.29, 1.82) is 0 Å². The zero-order chi connectivity index (χ0) is 21.1. The van der Waals surface area contributed by atoms with E-state index in [0.717, 1.165) is 23.0 Å². The normalized spacial score (nSPS) is 27.6. The van der Waals surface area contributed by atoms with Crippen LogP contribution < -0.4 is 0 Å². The molecule has 0 spiro atoms. The molecule has 2 aliphatic heterocycles. The van der Waals surface area contributed by atoms with Gasteiger partial charge in [-0.3, -0.25) is 9.59 Å². The molecule has 164 valence electrons. The molecule has 0 bridgehead atoms. The molecule has 2 fully saturated rings. The minimum atomic E-state index is 0.0907. The Morgan fingerprint density at radius 1 is 0.931 bits per heavy atom. The van der Waals surface area contributed by atoms with Crippen molar-refractivity contribution in [3.8, 4) is 0 Å². The maximum atomic E-state index is 11.4. The summed E-state index contributed by atoms with van der Waals surface area (Å²) < 4.78 is 1.33. The third-order valence-electron chi connectivity index (χ3n) is 3.90. The van der Waals surface area contributed by atoms with Crippen LogP contribution in [0.15, 0.2) is 25.3 Å². The minimum Gasteiger partial charge on any atom is -0.282 e. The molecular formula is C19H28O2S8. The fraction of sp³-hybridized carbons (Fsp3) is 0.684. The number of hydrogen-bond acceptors (Lipinski definition) is 10. The lowest BCUT2D eigenvalue weighted by Gasteiger charge is -2.15. The van der Waals surface area contributed by atoms with E-state index in [2.05, 4.69) is 55.4 Å². The van der Waals surface area contributed by atoms with Crippen molar-refractivity contribution in [2.75, 3.05) is 40.3 Å². The molecule has 0 saturated carbocycles. The van der Waals surface area contributed by atoms with Crippen LogP contribution in [0, 0.1) is 0 Å². The van der Waals surface area contributed by atoms with Gasteiger partial charge in [0.1, 0.15) is 0 Å². The summed E-state index contributed by atoms with van der Waals surface area (Å²) in [7, 11) is 0. The first-order valence-corrected chi connectivity index (χ1v) is 17.5. The van der Waals surface area contributed by atoms with Gasteiger partial charge in [0, 0.05) is 56.0 Å². The molecule has 10 heteroatoms. The Morgan fingerprint density at radius 2 is 1.45 bits per heavy atom. The van der Waals surface area contributed by atoms with Gasteiger partial charge in [-0.1, -0.05) is 43.6 Å². The van der Waals surface area contributed by atoms with E-state index >= 15 is 0 Å². The van der Waals surface area contributed by atoms with Crippen LogP contribution in [-0.4, -0.2) is 75.4 Å². The number of carbonyl (C=O) groups is 2. The second kappa shape index (κ2) is 15.5. The highest BCUT2D eigenvalue weighted by atomic mass is 32.2. The van der Waals surface area contributed by atoms with Crippen molar-refractivity contribution in [3.63, 3.8) is 0 Å². The molecule has 0 amide bonds. The molecule has 0 aromatic carbocycles. The third kappa shape index (κ3) is 11.3. The molecule has 0 radical (unpaired) electrons. The number of carbonyl (C=O) groups excluding carboxylic acids is 2. The second-order valence-corrected chi connectivity index (χ2v) is 17.1. The van der Waals surface area contributed by atoms with Crippen LogP contribution in [0.5, 0.6) is 0 Å². The van der Waals surface area contributed by atoms with Gasteiger partial charge in [-0.2, -0.15) is 23.5 Å². The average Bonchev–Trinajstić information content (AvgIpc) is 3.38. The molecule has 2 saturated heterocycles. The Labute approximate surface area is 209 Å².